The van der Waals surface area contributed by atoms with Gasteiger partial charge in [-0.3, -0.25) is 9.59 Å². The van der Waals surface area contributed by atoms with Gasteiger partial charge in [0.25, 0.3) is 11.1 Å². The van der Waals surface area contributed by atoms with Crippen LogP contribution in [0.15, 0.2) is 94.5 Å². The summed E-state index contributed by atoms with van der Waals surface area (Å²) in [6.07, 6.45) is 0. The predicted octanol–water partition coefficient (Wildman–Crippen LogP) is 5.53. The van der Waals surface area contributed by atoms with E-state index in [-0.39, 0.29) is 11.1 Å². The molecule has 0 bridgehead atoms. The highest BCUT2D eigenvalue weighted by atomic mass is 16.2. The topological polar surface area (TPSA) is 38.5 Å². The Bertz CT molecular complexity index is 1630. The number of rotatable bonds is 1. The van der Waals surface area contributed by atoms with Gasteiger partial charge in [0.05, 0.1) is 5.52 Å². The SMILES string of the molecule is Cc1ccc(-c2cc3c4ccccc4c(=O)n4c(=O)c5ccccc5c(c2)c34)cc1. The fourth-order valence-corrected chi connectivity index (χ4v) is 4.54. The molecule has 0 aliphatic rings. The molecule has 0 N–H and O–H groups in total. The maximum Gasteiger partial charge on any atom is 0.266 e. The summed E-state index contributed by atoms with van der Waals surface area (Å²) in [5, 5.41) is 4.70. The summed E-state index contributed by atoms with van der Waals surface area (Å²) >= 11 is 0. The molecule has 0 atom stereocenters. The highest BCUT2D eigenvalue weighted by Crippen LogP contribution is 2.34. The van der Waals surface area contributed by atoms with Crippen LogP contribution < -0.4 is 11.1 Å². The standard InChI is InChI=1S/C27H17NO2/c1-16-10-12-17(13-11-16)18-14-23-19-6-2-4-8-21(19)26(29)28-25(23)24(15-18)20-7-3-5-9-22(20)27(28)30/h2-15H,1H3. The molecule has 30 heavy (non-hydrogen) atoms. The third kappa shape index (κ3) is 2.20. The van der Waals surface area contributed by atoms with E-state index in [1.165, 1.54) is 9.96 Å². The van der Waals surface area contributed by atoms with Gasteiger partial charge >= 0.3 is 0 Å². The van der Waals surface area contributed by atoms with Crippen molar-refractivity contribution < 1.29 is 0 Å². The van der Waals surface area contributed by atoms with E-state index in [0.29, 0.717) is 16.3 Å². The molecule has 4 aromatic carbocycles. The smallest absolute Gasteiger partial charge is 0.266 e. The Morgan fingerprint density at radius 3 is 1.50 bits per heavy atom. The molecule has 0 aliphatic heterocycles. The largest absolute Gasteiger partial charge is 0.268 e. The molecule has 3 nitrogen and oxygen atoms in total. The first kappa shape index (κ1) is 16.9. The zero-order chi connectivity index (χ0) is 20.4. The van der Waals surface area contributed by atoms with Crippen LogP contribution in [-0.2, 0) is 0 Å². The van der Waals surface area contributed by atoms with E-state index < -0.39 is 0 Å². The van der Waals surface area contributed by atoms with Crippen LogP contribution in [0.3, 0.4) is 0 Å². The first-order valence-corrected chi connectivity index (χ1v) is 9.96. The number of pyridine rings is 2. The molecule has 0 saturated heterocycles. The summed E-state index contributed by atoms with van der Waals surface area (Å²) < 4.78 is 1.36. The minimum atomic E-state index is -0.262. The second-order valence-electron chi connectivity index (χ2n) is 7.82. The average Bonchev–Trinajstić information content (AvgIpc) is 2.79. The third-order valence-electron chi connectivity index (χ3n) is 6.02. The van der Waals surface area contributed by atoms with Crippen molar-refractivity contribution in [3.05, 3.63) is 111 Å². The van der Waals surface area contributed by atoms with Crippen molar-refractivity contribution in [1.82, 2.24) is 4.40 Å². The van der Waals surface area contributed by atoms with E-state index in [9.17, 15) is 9.59 Å². The molecule has 2 aromatic heterocycles. The summed E-state index contributed by atoms with van der Waals surface area (Å²) in [4.78, 5) is 26.6. The number of aromatic nitrogens is 1. The van der Waals surface area contributed by atoms with Gasteiger partial charge in [-0.05, 0) is 53.1 Å². The molecule has 0 saturated carbocycles. The van der Waals surface area contributed by atoms with Crippen LogP contribution in [0, 0.1) is 6.92 Å². The molecular weight excluding hydrogens is 370 g/mol. The van der Waals surface area contributed by atoms with Gasteiger partial charge in [-0.1, -0.05) is 66.2 Å². The van der Waals surface area contributed by atoms with Crippen LogP contribution >= 0.6 is 0 Å². The summed E-state index contributed by atoms with van der Waals surface area (Å²) in [5.74, 6) is 0. The Morgan fingerprint density at radius 2 is 1.00 bits per heavy atom. The van der Waals surface area contributed by atoms with E-state index in [0.717, 1.165) is 32.7 Å². The molecule has 0 radical (unpaired) electrons. The molecule has 0 unspecified atom stereocenters. The van der Waals surface area contributed by atoms with Gasteiger partial charge in [0.1, 0.15) is 0 Å². The molecular formula is C27H17NO2. The number of aryl methyl sites for hydroxylation is 1. The summed E-state index contributed by atoms with van der Waals surface area (Å²) in [6, 6.07) is 27.7. The van der Waals surface area contributed by atoms with Crippen molar-refractivity contribution in [3.63, 3.8) is 0 Å². The summed E-state index contributed by atoms with van der Waals surface area (Å²) in [6.45, 7) is 2.07. The molecule has 0 fully saturated rings. The van der Waals surface area contributed by atoms with Gasteiger partial charge in [0, 0.05) is 21.5 Å². The van der Waals surface area contributed by atoms with Gasteiger partial charge < -0.3 is 0 Å². The van der Waals surface area contributed by atoms with Gasteiger partial charge in [-0.25, -0.2) is 4.40 Å². The average molecular weight is 387 g/mol. The van der Waals surface area contributed by atoms with Gasteiger partial charge in [0.2, 0.25) is 0 Å². The van der Waals surface area contributed by atoms with Crippen LogP contribution in [0.5, 0.6) is 0 Å². The molecule has 6 aromatic rings. The fourth-order valence-electron chi connectivity index (χ4n) is 4.54. The second kappa shape index (κ2) is 6.01. The van der Waals surface area contributed by atoms with Crippen molar-refractivity contribution >= 4 is 37.8 Å². The number of hydrogen-bond acceptors (Lipinski definition) is 2. The van der Waals surface area contributed by atoms with Crippen LogP contribution in [0.25, 0.3) is 49.0 Å². The zero-order valence-corrected chi connectivity index (χ0v) is 16.3. The van der Waals surface area contributed by atoms with Crippen molar-refractivity contribution in [2.45, 2.75) is 6.92 Å². The Hall–Kier alpha value is -3.98. The lowest BCUT2D eigenvalue weighted by molar-refractivity contribution is 1.09. The number of hydrogen-bond donors (Lipinski definition) is 0. The van der Waals surface area contributed by atoms with Gasteiger partial charge in [-0.2, -0.15) is 0 Å². The summed E-state index contributed by atoms with van der Waals surface area (Å²) in [5.41, 5.74) is 3.55. The zero-order valence-electron chi connectivity index (χ0n) is 16.3. The second-order valence-corrected chi connectivity index (χ2v) is 7.82. The normalized spacial score (nSPS) is 11.8. The lowest BCUT2D eigenvalue weighted by Crippen LogP contribution is -2.27. The van der Waals surface area contributed by atoms with Crippen molar-refractivity contribution in [1.29, 1.82) is 0 Å². The van der Waals surface area contributed by atoms with Crippen LogP contribution in [0.1, 0.15) is 5.56 Å². The number of benzene rings is 4. The Balaban J connectivity index is 1.95. The lowest BCUT2D eigenvalue weighted by atomic mass is 9.94. The van der Waals surface area contributed by atoms with E-state index in [4.69, 9.17) is 0 Å². The fraction of sp³-hybridized carbons (Fsp3) is 0.0370. The minimum Gasteiger partial charge on any atom is -0.268 e. The monoisotopic (exact) mass is 387 g/mol. The van der Waals surface area contributed by atoms with Crippen LogP contribution in [0.4, 0.5) is 0 Å². The quantitative estimate of drug-likeness (QED) is 0.275. The first-order valence-electron chi connectivity index (χ1n) is 9.96. The molecule has 0 spiro atoms. The van der Waals surface area contributed by atoms with E-state index >= 15 is 0 Å². The maximum absolute atomic E-state index is 13.3. The van der Waals surface area contributed by atoms with Crippen molar-refractivity contribution in [2.75, 3.05) is 0 Å². The van der Waals surface area contributed by atoms with Gasteiger partial charge in [-0.15, -0.1) is 0 Å². The molecule has 3 heteroatoms. The van der Waals surface area contributed by atoms with Crippen molar-refractivity contribution in [3.8, 4) is 11.1 Å². The molecule has 0 amide bonds. The molecule has 0 aliphatic carbocycles. The predicted molar refractivity (Wildman–Crippen MR) is 124 cm³/mol. The van der Waals surface area contributed by atoms with Crippen LogP contribution in [0.2, 0.25) is 0 Å². The molecule has 142 valence electrons. The highest BCUT2D eigenvalue weighted by molar-refractivity contribution is 6.19. The van der Waals surface area contributed by atoms with E-state index in [2.05, 4.69) is 43.3 Å². The lowest BCUT2D eigenvalue weighted by Gasteiger charge is -2.15. The first-order chi connectivity index (χ1) is 14.6. The Labute approximate surface area is 171 Å². The van der Waals surface area contributed by atoms with Crippen LogP contribution in [-0.4, -0.2) is 4.40 Å². The third-order valence-corrected chi connectivity index (χ3v) is 6.02. The Morgan fingerprint density at radius 1 is 0.533 bits per heavy atom. The highest BCUT2D eigenvalue weighted by Gasteiger charge is 2.17. The maximum atomic E-state index is 13.3. The number of fused-ring (bicyclic) bond motifs is 4. The Kier molecular flexibility index (Phi) is 3.39. The molecule has 6 rings (SSSR count). The minimum absolute atomic E-state index is 0.262. The van der Waals surface area contributed by atoms with E-state index in [1.54, 1.807) is 12.1 Å². The van der Waals surface area contributed by atoms with E-state index in [1.807, 2.05) is 36.4 Å². The number of nitrogens with zero attached hydrogens (tertiary/aromatic N) is 1. The van der Waals surface area contributed by atoms with Gasteiger partial charge in [0.15, 0.2) is 0 Å². The summed E-state index contributed by atoms with van der Waals surface area (Å²) in [7, 11) is 0. The molecule has 2 heterocycles. The van der Waals surface area contributed by atoms with Crippen molar-refractivity contribution in [2.24, 2.45) is 0 Å².